The maximum Gasteiger partial charge on any atom is 0.225 e. The van der Waals surface area contributed by atoms with Gasteiger partial charge in [0.1, 0.15) is 0 Å². The Labute approximate surface area is 104 Å². The van der Waals surface area contributed by atoms with E-state index in [-0.39, 0.29) is 5.91 Å². The Kier molecular flexibility index (Phi) is 4.90. The molecule has 1 aromatic heterocycles. The van der Waals surface area contributed by atoms with E-state index in [1.807, 2.05) is 24.4 Å². The molecule has 1 heterocycles. The van der Waals surface area contributed by atoms with Gasteiger partial charge in [-0.15, -0.1) is 34.5 Å². The van der Waals surface area contributed by atoms with Crippen molar-refractivity contribution < 1.29 is 4.79 Å². The number of halogens is 2. The molecule has 0 radical (unpaired) electrons. The molecule has 5 heteroatoms. The molecule has 0 bridgehead atoms. The summed E-state index contributed by atoms with van der Waals surface area (Å²) >= 11 is 13.0. The fourth-order valence-electron chi connectivity index (χ4n) is 1.05. The second-order valence-corrected chi connectivity index (χ2v) is 5.20. The van der Waals surface area contributed by atoms with Crippen LogP contribution < -0.4 is 5.32 Å². The van der Waals surface area contributed by atoms with E-state index < -0.39 is 5.54 Å². The first-order valence-corrected chi connectivity index (χ1v) is 6.50. The quantitative estimate of drug-likeness (QED) is 0.815. The van der Waals surface area contributed by atoms with Crippen molar-refractivity contribution in [3.63, 3.8) is 0 Å². The highest BCUT2D eigenvalue weighted by Gasteiger charge is 2.24. The van der Waals surface area contributed by atoms with Crippen molar-refractivity contribution in [1.82, 2.24) is 5.32 Å². The van der Waals surface area contributed by atoms with Crippen LogP contribution in [0.1, 0.15) is 11.8 Å². The number of alkyl halides is 2. The molecule has 15 heavy (non-hydrogen) atoms. The topological polar surface area (TPSA) is 29.1 Å². The van der Waals surface area contributed by atoms with E-state index in [4.69, 9.17) is 23.2 Å². The van der Waals surface area contributed by atoms with E-state index in [2.05, 4.69) is 5.32 Å². The van der Waals surface area contributed by atoms with Crippen LogP contribution in [-0.4, -0.2) is 23.2 Å². The molecule has 0 saturated carbocycles. The first kappa shape index (κ1) is 12.8. The number of carbonyl (C=O) groups excluding carboxylic acids is 1. The van der Waals surface area contributed by atoms with E-state index >= 15 is 0 Å². The average Bonchev–Trinajstić information content (AvgIpc) is 2.70. The predicted octanol–water partition coefficient (Wildman–Crippen LogP) is 2.64. The van der Waals surface area contributed by atoms with Crippen LogP contribution >= 0.6 is 34.5 Å². The molecule has 1 amide bonds. The van der Waals surface area contributed by atoms with Gasteiger partial charge in [0.05, 0.1) is 12.0 Å². The normalized spacial score (nSPS) is 11.4. The summed E-state index contributed by atoms with van der Waals surface area (Å²) in [4.78, 5) is 12.7. The molecule has 0 aliphatic heterocycles. The van der Waals surface area contributed by atoms with Crippen molar-refractivity contribution >= 4 is 40.4 Å². The monoisotopic (exact) mass is 265 g/mol. The molecule has 0 unspecified atom stereocenters. The lowest BCUT2D eigenvalue weighted by Gasteiger charge is -2.25. The Balaban J connectivity index is 2.49. The van der Waals surface area contributed by atoms with Crippen molar-refractivity contribution in [2.75, 3.05) is 11.8 Å². The van der Waals surface area contributed by atoms with E-state index in [0.717, 1.165) is 4.88 Å². The number of amides is 1. The minimum Gasteiger partial charge on any atom is -0.348 e. The third-order valence-corrected chi connectivity index (χ3v) is 4.00. The van der Waals surface area contributed by atoms with Crippen LogP contribution in [0.5, 0.6) is 0 Å². The molecule has 0 saturated heterocycles. The summed E-state index contributed by atoms with van der Waals surface area (Å²) in [6.07, 6.45) is 0.390. The van der Waals surface area contributed by atoms with Gasteiger partial charge < -0.3 is 5.32 Å². The zero-order valence-electron chi connectivity index (χ0n) is 8.43. The van der Waals surface area contributed by atoms with Crippen LogP contribution in [0.15, 0.2) is 17.5 Å². The van der Waals surface area contributed by atoms with Gasteiger partial charge in [0.15, 0.2) is 0 Å². The SMILES string of the molecule is CC(CCl)(CCl)NC(=O)Cc1cccs1. The van der Waals surface area contributed by atoms with Crippen LogP contribution in [0.25, 0.3) is 0 Å². The number of rotatable bonds is 5. The summed E-state index contributed by atoms with van der Waals surface area (Å²) in [6.45, 7) is 1.83. The Bertz CT molecular complexity index is 309. The maximum atomic E-state index is 11.6. The Morgan fingerprint density at radius 2 is 2.20 bits per heavy atom. The van der Waals surface area contributed by atoms with Crippen molar-refractivity contribution in [2.24, 2.45) is 0 Å². The van der Waals surface area contributed by atoms with Crippen molar-refractivity contribution in [1.29, 1.82) is 0 Å². The third-order valence-electron chi connectivity index (χ3n) is 1.95. The van der Waals surface area contributed by atoms with Crippen LogP contribution in [0, 0.1) is 0 Å². The minimum atomic E-state index is -0.516. The number of thiophene rings is 1. The molecule has 0 atom stereocenters. The molecule has 1 N–H and O–H groups in total. The van der Waals surface area contributed by atoms with Crippen LogP contribution in [-0.2, 0) is 11.2 Å². The Morgan fingerprint density at radius 1 is 1.53 bits per heavy atom. The predicted molar refractivity (Wildman–Crippen MR) is 66.0 cm³/mol. The second kappa shape index (κ2) is 5.73. The summed E-state index contributed by atoms with van der Waals surface area (Å²) in [5.74, 6) is 0.584. The van der Waals surface area contributed by atoms with Gasteiger partial charge in [-0.25, -0.2) is 0 Å². The molecule has 0 aliphatic carbocycles. The highest BCUT2D eigenvalue weighted by molar-refractivity contribution is 7.10. The first-order valence-electron chi connectivity index (χ1n) is 4.55. The van der Waals surface area contributed by atoms with Crippen molar-refractivity contribution in [3.05, 3.63) is 22.4 Å². The molecule has 1 rings (SSSR count). The number of hydrogen-bond acceptors (Lipinski definition) is 2. The lowest BCUT2D eigenvalue weighted by molar-refractivity contribution is -0.121. The maximum absolute atomic E-state index is 11.6. The number of carbonyl (C=O) groups is 1. The molecule has 0 fully saturated rings. The van der Waals surface area contributed by atoms with Gasteiger partial charge in [-0.1, -0.05) is 6.07 Å². The summed E-state index contributed by atoms with van der Waals surface area (Å²) < 4.78 is 0. The summed E-state index contributed by atoms with van der Waals surface area (Å²) in [5.41, 5.74) is -0.516. The summed E-state index contributed by atoms with van der Waals surface area (Å²) in [6, 6.07) is 3.86. The van der Waals surface area contributed by atoms with Crippen LogP contribution in [0.3, 0.4) is 0 Å². The largest absolute Gasteiger partial charge is 0.348 e. The molecule has 84 valence electrons. The van der Waals surface area contributed by atoms with Crippen molar-refractivity contribution in [2.45, 2.75) is 18.9 Å². The molecule has 2 nitrogen and oxygen atoms in total. The van der Waals surface area contributed by atoms with E-state index in [1.165, 1.54) is 0 Å². The number of hydrogen-bond donors (Lipinski definition) is 1. The van der Waals surface area contributed by atoms with E-state index in [1.54, 1.807) is 11.3 Å². The molecule has 0 spiro atoms. The zero-order valence-corrected chi connectivity index (χ0v) is 10.8. The third kappa shape index (κ3) is 4.01. The first-order chi connectivity index (χ1) is 7.09. The summed E-state index contributed by atoms with van der Waals surface area (Å²) in [5, 5.41) is 4.78. The van der Waals surface area contributed by atoms with E-state index in [9.17, 15) is 4.79 Å². The zero-order chi connectivity index (χ0) is 11.3. The molecule has 0 aromatic carbocycles. The Morgan fingerprint density at radius 3 is 2.67 bits per heavy atom. The van der Waals surface area contributed by atoms with Gasteiger partial charge in [0.2, 0.25) is 5.91 Å². The highest BCUT2D eigenvalue weighted by atomic mass is 35.5. The number of nitrogens with one attached hydrogen (secondary N) is 1. The second-order valence-electron chi connectivity index (χ2n) is 3.63. The highest BCUT2D eigenvalue weighted by Crippen LogP contribution is 2.12. The lowest BCUT2D eigenvalue weighted by atomic mass is 10.1. The molecular formula is C10H13Cl2NOS. The minimum absolute atomic E-state index is 0.0405. The molecule has 1 aromatic rings. The fraction of sp³-hybridized carbons (Fsp3) is 0.500. The Hall–Kier alpha value is -0.250. The van der Waals surface area contributed by atoms with Crippen LogP contribution in [0.4, 0.5) is 0 Å². The molecule has 0 aliphatic rings. The smallest absolute Gasteiger partial charge is 0.225 e. The van der Waals surface area contributed by atoms with Crippen molar-refractivity contribution in [3.8, 4) is 0 Å². The van der Waals surface area contributed by atoms with Gasteiger partial charge in [0.25, 0.3) is 0 Å². The summed E-state index contributed by atoms with van der Waals surface area (Å²) in [7, 11) is 0. The standard InChI is InChI=1S/C10H13Cl2NOS/c1-10(6-11,7-12)13-9(14)5-8-3-2-4-15-8/h2-4H,5-7H2,1H3,(H,13,14). The van der Waals surface area contributed by atoms with Gasteiger partial charge in [-0.3, -0.25) is 4.79 Å². The van der Waals surface area contributed by atoms with Gasteiger partial charge in [0, 0.05) is 16.6 Å². The van der Waals surface area contributed by atoms with Gasteiger partial charge in [-0.2, -0.15) is 0 Å². The van der Waals surface area contributed by atoms with E-state index in [0.29, 0.717) is 18.2 Å². The van der Waals surface area contributed by atoms with Gasteiger partial charge >= 0.3 is 0 Å². The van der Waals surface area contributed by atoms with Crippen LogP contribution in [0.2, 0.25) is 0 Å². The fourth-order valence-corrected chi connectivity index (χ4v) is 2.18. The molecular weight excluding hydrogens is 253 g/mol. The lowest BCUT2D eigenvalue weighted by Crippen LogP contribution is -2.49. The average molecular weight is 266 g/mol. The van der Waals surface area contributed by atoms with Gasteiger partial charge in [-0.05, 0) is 18.4 Å².